The van der Waals surface area contributed by atoms with Gasteiger partial charge < -0.3 is 20.1 Å². The lowest BCUT2D eigenvalue weighted by Gasteiger charge is -2.36. The van der Waals surface area contributed by atoms with E-state index < -0.39 is 67.1 Å². The van der Waals surface area contributed by atoms with E-state index in [0.717, 1.165) is 10.8 Å². The fourth-order valence-electron chi connectivity index (χ4n) is 2.96. The Bertz CT molecular complexity index is 709. The second-order valence-corrected chi connectivity index (χ2v) is 5.93. The number of halogens is 2. The van der Waals surface area contributed by atoms with E-state index >= 15 is 0 Å². The summed E-state index contributed by atoms with van der Waals surface area (Å²) < 4.78 is 32.2. The Morgan fingerprint density at radius 1 is 1.30 bits per heavy atom. The van der Waals surface area contributed by atoms with Crippen LogP contribution in [-0.2, 0) is 4.74 Å². The molecule has 23 heavy (non-hydrogen) atoms. The molecular weight excluding hydrogens is 318 g/mol. The van der Waals surface area contributed by atoms with Crippen molar-refractivity contribution in [3.63, 3.8) is 0 Å². The lowest BCUT2D eigenvalue weighted by atomic mass is 9.88. The summed E-state index contributed by atoms with van der Waals surface area (Å²) in [5, 5.41) is 28.7. The summed E-state index contributed by atoms with van der Waals surface area (Å²) >= 11 is 0. The van der Waals surface area contributed by atoms with Crippen LogP contribution in [0, 0.1) is 0 Å². The minimum Gasteiger partial charge on any atom is -0.394 e. The second-order valence-electron chi connectivity index (χ2n) is 5.93. The van der Waals surface area contributed by atoms with Crippen molar-refractivity contribution in [3.05, 3.63) is 32.6 Å². The van der Waals surface area contributed by atoms with Crippen molar-refractivity contribution in [1.82, 2.24) is 9.55 Å². The standard InChI is InChI=1S/C13H16F2N2O6/c14-13(15)1-5(2-13)17-3-6(11(21)16-12(17)22)10-9(20)8(19)7(4-18)23-10/h3,5,7-10,18-20H,1-2,4H2,(H,16,21,22)/t7-,8?,9?,10+/m1/s1. The molecule has 2 unspecified atom stereocenters. The summed E-state index contributed by atoms with van der Waals surface area (Å²) in [6.07, 6.45) is -5.20. The molecular formula is C13H16F2N2O6. The highest BCUT2D eigenvalue weighted by Crippen LogP contribution is 2.45. The summed E-state index contributed by atoms with van der Waals surface area (Å²) in [7, 11) is 0. The van der Waals surface area contributed by atoms with Crippen LogP contribution in [0.25, 0.3) is 0 Å². The highest BCUT2D eigenvalue weighted by molar-refractivity contribution is 5.15. The monoisotopic (exact) mass is 334 g/mol. The quantitative estimate of drug-likeness (QED) is 0.542. The Kier molecular flexibility index (Phi) is 3.87. The molecule has 0 bridgehead atoms. The maximum atomic E-state index is 13.0. The van der Waals surface area contributed by atoms with E-state index in [-0.39, 0.29) is 5.56 Å². The molecule has 1 saturated carbocycles. The molecule has 3 rings (SSSR count). The van der Waals surface area contributed by atoms with Crippen molar-refractivity contribution >= 4 is 0 Å². The Balaban J connectivity index is 1.94. The third-order valence-corrected chi connectivity index (χ3v) is 4.31. The summed E-state index contributed by atoms with van der Waals surface area (Å²) in [6, 6.07) is -0.759. The molecule has 1 aliphatic carbocycles. The van der Waals surface area contributed by atoms with Crippen LogP contribution in [0.1, 0.15) is 30.6 Å². The van der Waals surface area contributed by atoms with Gasteiger partial charge in [0, 0.05) is 25.1 Å². The first-order valence-electron chi connectivity index (χ1n) is 7.09. The molecule has 128 valence electrons. The van der Waals surface area contributed by atoms with Gasteiger partial charge in [-0.05, 0) is 0 Å². The van der Waals surface area contributed by atoms with Crippen LogP contribution in [0.15, 0.2) is 15.8 Å². The normalized spacial score (nSPS) is 33.6. The molecule has 1 aliphatic heterocycles. The third kappa shape index (κ3) is 2.71. The van der Waals surface area contributed by atoms with Crippen molar-refractivity contribution in [2.45, 2.75) is 49.2 Å². The summed E-state index contributed by atoms with van der Waals surface area (Å²) in [5.74, 6) is -2.85. The maximum Gasteiger partial charge on any atom is 0.328 e. The van der Waals surface area contributed by atoms with Gasteiger partial charge in [0.25, 0.3) is 11.5 Å². The molecule has 0 amide bonds. The van der Waals surface area contributed by atoms with Crippen molar-refractivity contribution in [2.75, 3.05) is 6.61 Å². The SMILES string of the molecule is O=c1[nH]c(=O)n(C2CC(F)(F)C2)cc1[C@@H]1O[C@H](CO)C(O)C1O. The molecule has 2 heterocycles. The minimum atomic E-state index is -2.85. The number of aromatic amines is 1. The fraction of sp³-hybridized carbons (Fsp3) is 0.692. The number of ether oxygens (including phenoxy) is 1. The van der Waals surface area contributed by atoms with Gasteiger partial charge in [-0.1, -0.05) is 0 Å². The predicted molar refractivity (Wildman–Crippen MR) is 71.3 cm³/mol. The lowest BCUT2D eigenvalue weighted by Crippen LogP contribution is -2.44. The van der Waals surface area contributed by atoms with E-state index in [9.17, 15) is 28.6 Å². The summed E-state index contributed by atoms with van der Waals surface area (Å²) in [6.45, 7) is -0.568. The molecule has 1 saturated heterocycles. The van der Waals surface area contributed by atoms with Gasteiger partial charge >= 0.3 is 5.69 Å². The van der Waals surface area contributed by atoms with E-state index in [1.54, 1.807) is 0 Å². The Labute approximate surface area is 128 Å². The van der Waals surface area contributed by atoms with Crippen LogP contribution in [-0.4, -0.2) is 55.7 Å². The average molecular weight is 334 g/mol. The van der Waals surface area contributed by atoms with E-state index in [0.29, 0.717) is 0 Å². The average Bonchev–Trinajstić information content (AvgIpc) is 2.73. The number of H-pyrrole nitrogens is 1. The van der Waals surface area contributed by atoms with Gasteiger partial charge in [-0.15, -0.1) is 0 Å². The number of aromatic nitrogens is 2. The zero-order valence-corrected chi connectivity index (χ0v) is 11.9. The molecule has 4 N–H and O–H groups in total. The zero-order valence-electron chi connectivity index (χ0n) is 11.9. The molecule has 1 aromatic heterocycles. The van der Waals surface area contributed by atoms with Crippen LogP contribution in [0.3, 0.4) is 0 Å². The molecule has 0 radical (unpaired) electrons. The number of alkyl halides is 2. The van der Waals surface area contributed by atoms with Crippen LogP contribution in [0.2, 0.25) is 0 Å². The van der Waals surface area contributed by atoms with Crippen molar-refractivity contribution < 1.29 is 28.8 Å². The molecule has 0 aromatic carbocycles. The third-order valence-electron chi connectivity index (χ3n) is 4.31. The van der Waals surface area contributed by atoms with Crippen molar-refractivity contribution in [1.29, 1.82) is 0 Å². The van der Waals surface area contributed by atoms with Gasteiger partial charge in [0.2, 0.25) is 0 Å². The Morgan fingerprint density at radius 3 is 2.48 bits per heavy atom. The highest BCUT2D eigenvalue weighted by Gasteiger charge is 2.48. The predicted octanol–water partition coefficient (Wildman–Crippen LogP) is -1.34. The van der Waals surface area contributed by atoms with Gasteiger partial charge in [0.1, 0.15) is 24.4 Å². The number of hydrogen-bond acceptors (Lipinski definition) is 6. The van der Waals surface area contributed by atoms with Crippen LogP contribution >= 0.6 is 0 Å². The molecule has 2 fully saturated rings. The molecule has 10 heteroatoms. The van der Waals surface area contributed by atoms with Crippen LogP contribution in [0.5, 0.6) is 0 Å². The number of aliphatic hydroxyl groups is 3. The Morgan fingerprint density at radius 2 is 1.96 bits per heavy atom. The number of aliphatic hydroxyl groups excluding tert-OH is 3. The second kappa shape index (κ2) is 5.48. The highest BCUT2D eigenvalue weighted by atomic mass is 19.3. The van der Waals surface area contributed by atoms with Gasteiger partial charge in [-0.2, -0.15) is 0 Å². The molecule has 4 atom stereocenters. The zero-order chi connectivity index (χ0) is 16.9. The maximum absolute atomic E-state index is 13.0. The lowest BCUT2D eigenvalue weighted by molar-refractivity contribution is -0.105. The van der Waals surface area contributed by atoms with E-state index in [1.165, 1.54) is 0 Å². The molecule has 8 nitrogen and oxygen atoms in total. The smallest absolute Gasteiger partial charge is 0.328 e. The molecule has 1 aromatic rings. The number of hydrogen-bond donors (Lipinski definition) is 4. The topological polar surface area (TPSA) is 125 Å². The number of nitrogens with one attached hydrogen (secondary N) is 1. The fourth-order valence-corrected chi connectivity index (χ4v) is 2.96. The first kappa shape index (κ1) is 16.2. The van der Waals surface area contributed by atoms with E-state index in [4.69, 9.17) is 9.84 Å². The van der Waals surface area contributed by atoms with Crippen molar-refractivity contribution in [2.24, 2.45) is 0 Å². The summed E-state index contributed by atoms with van der Waals surface area (Å²) in [5.41, 5.74) is -1.83. The van der Waals surface area contributed by atoms with Crippen LogP contribution in [0.4, 0.5) is 8.78 Å². The number of nitrogens with zero attached hydrogens (tertiary/aromatic N) is 1. The first-order valence-corrected chi connectivity index (χ1v) is 7.09. The van der Waals surface area contributed by atoms with Gasteiger partial charge in [-0.3, -0.25) is 14.3 Å². The van der Waals surface area contributed by atoms with Gasteiger partial charge in [-0.25, -0.2) is 13.6 Å². The van der Waals surface area contributed by atoms with E-state index in [1.807, 2.05) is 4.98 Å². The van der Waals surface area contributed by atoms with E-state index in [2.05, 4.69) is 0 Å². The largest absolute Gasteiger partial charge is 0.394 e. The van der Waals surface area contributed by atoms with Gasteiger partial charge in [0.15, 0.2) is 0 Å². The van der Waals surface area contributed by atoms with Crippen molar-refractivity contribution in [3.8, 4) is 0 Å². The summed E-state index contributed by atoms with van der Waals surface area (Å²) in [4.78, 5) is 25.7. The molecule has 0 spiro atoms. The van der Waals surface area contributed by atoms with Crippen LogP contribution < -0.4 is 11.2 Å². The number of rotatable bonds is 3. The molecule has 2 aliphatic rings. The first-order chi connectivity index (χ1) is 10.7. The van der Waals surface area contributed by atoms with Gasteiger partial charge in [0.05, 0.1) is 12.2 Å². The Hall–Kier alpha value is -1.62. The minimum absolute atomic E-state index is 0.165.